The molecule has 2 bridgehead atoms. The number of aliphatic hydroxyl groups is 1. The van der Waals surface area contributed by atoms with Gasteiger partial charge in [-0.1, -0.05) is 12.6 Å². The van der Waals surface area contributed by atoms with Gasteiger partial charge in [-0.3, -0.25) is 0 Å². The number of nitrogens with zero attached hydrogens (tertiary/aromatic N) is 1. The summed E-state index contributed by atoms with van der Waals surface area (Å²) in [6.07, 6.45) is 3.27. The molecule has 23 heavy (non-hydrogen) atoms. The van der Waals surface area contributed by atoms with E-state index in [4.69, 9.17) is 9.47 Å². The van der Waals surface area contributed by atoms with Crippen molar-refractivity contribution < 1.29 is 14.6 Å². The summed E-state index contributed by atoms with van der Waals surface area (Å²) in [6.45, 7) is 5.27. The Labute approximate surface area is 136 Å². The molecule has 2 heterocycles. The van der Waals surface area contributed by atoms with E-state index in [-0.39, 0.29) is 17.6 Å². The van der Waals surface area contributed by atoms with Crippen molar-refractivity contribution >= 4 is 0 Å². The third kappa shape index (κ3) is 1.33. The molecular formula is C19H23NO3. The van der Waals surface area contributed by atoms with Crippen molar-refractivity contribution in [3.05, 3.63) is 35.4 Å². The van der Waals surface area contributed by atoms with Crippen molar-refractivity contribution in [1.82, 2.24) is 4.90 Å². The normalized spacial score (nSPS) is 40.6. The Bertz CT molecular complexity index is 730. The number of rotatable bonds is 1. The maximum Gasteiger partial charge on any atom is 0.166 e. The van der Waals surface area contributed by atoms with Gasteiger partial charge in [-0.05, 0) is 56.5 Å². The lowest BCUT2D eigenvalue weighted by atomic mass is 9.48. The number of hydrogen-bond donors (Lipinski definition) is 1. The number of methoxy groups -OCH3 is 1. The zero-order valence-corrected chi connectivity index (χ0v) is 13.8. The topological polar surface area (TPSA) is 41.9 Å². The number of likely N-dealkylation sites (N-methyl/N-ethyl adjacent to an activating group) is 1. The van der Waals surface area contributed by atoms with Crippen molar-refractivity contribution in [3.63, 3.8) is 0 Å². The van der Waals surface area contributed by atoms with Crippen LogP contribution in [0.1, 0.15) is 30.4 Å². The van der Waals surface area contributed by atoms with Crippen molar-refractivity contribution in [3.8, 4) is 11.5 Å². The third-order valence-electron chi connectivity index (χ3n) is 6.88. The maximum atomic E-state index is 11.9. The summed E-state index contributed by atoms with van der Waals surface area (Å²) in [5, 5.41) is 11.9. The summed E-state index contributed by atoms with van der Waals surface area (Å²) >= 11 is 0. The molecule has 4 heteroatoms. The molecule has 1 N–H and O–H groups in total. The van der Waals surface area contributed by atoms with E-state index in [1.165, 1.54) is 11.1 Å². The SMILES string of the molecule is C=C1CC[C@]2(O)[C@@H]3Cc4ccc(OC)c5c4[C@]2(CCN3C)C1O5. The molecule has 1 aromatic carbocycles. The van der Waals surface area contributed by atoms with Crippen LogP contribution in [0, 0.1) is 0 Å². The smallest absolute Gasteiger partial charge is 0.166 e. The summed E-state index contributed by atoms with van der Waals surface area (Å²) < 4.78 is 12.0. The van der Waals surface area contributed by atoms with Gasteiger partial charge in [-0.2, -0.15) is 0 Å². The van der Waals surface area contributed by atoms with E-state index < -0.39 is 5.60 Å². The van der Waals surface area contributed by atoms with E-state index in [9.17, 15) is 5.11 Å². The maximum absolute atomic E-state index is 11.9. The zero-order valence-electron chi connectivity index (χ0n) is 13.8. The summed E-state index contributed by atoms with van der Waals surface area (Å²) in [6, 6.07) is 4.32. The van der Waals surface area contributed by atoms with Gasteiger partial charge in [-0.15, -0.1) is 0 Å². The average molecular weight is 313 g/mol. The lowest BCUT2D eigenvalue weighted by Crippen LogP contribution is -2.74. The Balaban J connectivity index is 1.86. The van der Waals surface area contributed by atoms with Crippen molar-refractivity contribution in [2.75, 3.05) is 20.7 Å². The highest BCUT2D eigenvalue weighted by atomic mass is 16.5. The van der Waals surface area contributed by atoms with Crippen molar-refractivity contribution in [2.24, 2.45) is 0 Å². The largest absolute Gasteiger partial charge is 0.493 e. The Hall–Kier alpha value is -1.52. The fourth-order valence-corrected chi connectivity index (χ4v) is 5.81. The first-order valence-electron chi connectivity index (χ1n) is 8.50. The Kier molecular flexibility index (Phi) is 2.48. The molecule has 2 aliphatic carbocycles. The molecule has 5 rings (SSSR count). The van der Waals surface area contributed by atoms with Crippen LogP contribution in [-0.4, -0.2) is 48.5 Å². The van der Waals surface area contributed by atoms with Crippen LogP contribution in [0.4, 0.5) is 0 Å². The minimum absolute atomic E-state index is 0.122. The van der Waals surface area contributed by atoms with Crippen LogP contribution in [0.2, 0.25) is 0 Å². The predicted octanol–water partition coefficient (Wildman–Crippen LogP) is 2.04. The molecule has 0 radical (unpaired) electrons. The van der Waals surface area contributed by atoms with Gasteiger partial charge in [0.25, 0.3) is 0 Å². The molecule has 4 atom stereocenters. The fraction of sp³-hybridized carbons (Fsp3) is 0.579. The van der Waals surface area contributed by atoms with Crippen molar-refractivity contribution in [1.29, 1.82) is 0 Å². The lowest BCUT2D eigenvalue weighted by molar-refractivity contribution is -0.168. The van der Waals surface area contributed by atoms with E-state index in [0.717, 1.165) is 49.3 Å². The highest BCUT2D eigenvalue weighted by Gasteiger charge is 2.71. The molecule has 2 aliphatic heterocycles. The summed E-state index contributed by atoms with van der Waals surface area (Å²) in [7, 11) is 3.82. The number of benzene rings is 1. The molecule has 1 unspecified atom stereocenters. The number of piperidine rings is 1. The van der Waals surface area contributed by atoms with E-state index in [1.54, 1.807) is 7.11 Å². The summed E-state index contributed by atoms with van der Waals surface area (Å²) in [5.74, 6) is 1.62. The van der Waals surface area contributed by atoms with Gasteiger partial charge in [0.15, 0.2) is 11.5 Å². The van der Waals surface area contributed by atoms with Crippen LogP contribution in [-0.2, 0) is 11.8 Å². The van der Waals surface area contributed by atoms with Crippen LogP contribution in [0.25, 0.3) is 0 Å². The quantitative estimate of drug-likeness (QED) is 0.806. The van der Waals surface area contributed by atoms with Crippen molar-refractivity contribution in [2.45, 2.75) is 48.8 Å². The molecule has 4 nitrogen and oxygen atoms in total. The fourth-order valence-electron chi connectivity index (χ4n) is 5.81. The molecule has 1 spiro atoms. The molecule has 0 amide bonds. The number of hydrogen-bond acceptors (Lipinski definition) is 4. The Morgan fingerprint density at radius 3 is 3.00 bits per heavy atom. The molecule has 0 aromatic heterocycles. The van der Waals surface area contributed by atoms with E-state index >= 15 is 0 Å². The first-order chi connectivity index (χ1) is 11.0. The monoisotopic (exact) mass is 313 g/mol. The van der Waals surface area contributed by atoms with Gasteiger partial charge in [0, 0.05) is 11.6 Å². The molecule has 4 aliphatic rings. The van der Waals surface area contributed by atoms with Crippen LogP contribution in [0.15, 0.2) is 24.3 Å². The van der Waals surface area contributed by atoms with Gasteiger partial charge >= 0.3 is 0 Å². The first kappa shape index (κ1) is 13.9. The van der Waals surface area contributed by atoms with Gasteiger partial charge in [-0.25, -0.2) is 0 Å². The molecule has 1 saturated carbocycles. The molecular weight excluding hydrogens is 290 g/mol. The highest BCUT2D eigenvalue weighted by molar-refractivity contribution is 5.64. The Morgan fingerprint density at radius 2 is 2.22 bits per heavy atom. The second kappa shape index (κ2) is 4.11. The van der Waals surface area contributed by atoms with Crippen LogP contribution in [0.3, 0.4) is 0 Å². The molecule has 1 aromatic rings. The van der Waals surface area contributed by atoms with Crippen LogP contribution in [0.5, 0.6) is 11.5 Å². The first-order valence-corrected chi connectivity index (χ1v) is 8.50. The second-order valence-electron chi connectivity index (χ2n) is 7.63. The summed E-state index contributed by atoms with van der Waals surface area (Å²) in [4.78, 5) is 2.33. The standard InChI is InChI=1S/C19H23NO3/c1-11-6-7-19(21)14-10-12-4-5-13(22-3)16-15(12)18(19,17(11)23-16)8-9-20(14)2/h4-5,14,17,21H,1,6-10H2,2-3H3/t14-,17?,18+,19-/m0/s1. The van der Waals surface area contributed by atoms with Gasteiger partial charge in [0.1, 0.15) is 6.10 Å². The van der Waals surface area contributed by atoms with E-state index in [0.29, 0.717) is 0 Å². The van der Waals surface area contributed by atoms with E-state index in [1.807, 2.05) is 6.07 Å². The zero-order chi connectivity index (χ0) is 16.0. The lowest BCUT2D eigenvalue weighted by Gasteiger charge is -2.62. The highest BCUT2D eigenvalue weighted by Crippen LogP contribution is 2.65. The van der Waals surface area contributed by atoms with Crippen LogP contribution < -0.4 is 9.47 Å². The van der Waals surface area contributed by atoms with Gasteiger partial charge in [0.2, 0.25) is 0 Å². The van der Waals surface area contributed by atoms with Gasteiger partial charge < -0.3 is 19.5 Å². The second-order valence-corrected chi connectivity index (χ2v) is 7.63. The summed E-state index contributed by atoms with van der Waals surface area (Å²) in [5.41, 5.74) is 2.53. The van der Waals surface area contributed by atoms with E-state index in [2.05, 4.69) is 24.6 Å². The molecule has 122 valence electrons. The predicted molar refractivity (Wildman–Crippen MR) is 87.2 cm³/mol. The number of likely N-dealkylation sites (tertiary alicyclic amines) is 1. The molecule has 2 fully saturated rings. The third-order valence-corrected chi connectivity index (χ3v) is 6.88. The Morgan fingerprint density at radius 1 is 1.39 bits per heavy atom. The minimum atomic E-state index is -0.740. The van der Waals surface area contributed by atoms with Gasteiger partial charge in [0.05, 0.1) is 18.1 Å². The minimum Gasteiger partial charge on any atom is -0.493 e. The molecule has 1 saturated heterocycles. The average Bonchev–Trinajstić information content (AvgIpc) is 2.90. The number of ether oxygens (including phenoxy) is 2. The van der Waals surface area contributed by atoms with Crippen LogP contribution >= 0.6 is 0 Å².